The molecule has 0 bridgehead atoms. The van der Waals surface area contributed by atoms with Crippen molar-refractivity contribution >= 4 is 11.8 Å². The molecule has 2 rings (SSSR count). The van der Waals surface area contributed by atoms with E-state index >= 15 is 0 Å². The molecule has 0 aliphatic heterocycles. The molecule has 0 spiro atoms. The first-order valence-electron chi connectivity index (χ1n) is 7.66. The summed E-state index contributed by atoms with van der Waals surface area (Å²) in [7, 11) is 0. The Bertz CT molecular complexity index is 636. The first kappa shape index (κ1) is 17.8. The fraction of sp³-hybridized carbons (Fsp3) is 0.333. The molecule has 0 aliphatic carbocycles. The SMILES string of the molecule is CCCCOc1cccc(SC[C@H](N)c2ccc(F)cc2F)c1. The molecule has 2 aromatic rings. The molecule has 0 saturated heterocycles. The summed E-state index contributed by atoms with van der Waals surface area (Å²) in [6.45, 7) is 2.82. The molecule has 0 aromatic heterocycles. The number of nitrogens with two attached hydrogens (primary N) is 1. The summed E-state index contributed by atoms with van der Waals surface area (Å²) in [4.78, 5) is 1.01. The second-order valence-corrected chi connectivity index (χ2v) is 6.35. The van der Waals surface area contributed by atoms with E-state index in [0.29, 0.717) is 17.9 Å². The molecule has 5 heteroatoms. The molecule has 0 amide bonds. The Morgan fingerprint density at radius 3 is 2.74 bits per heavy atom. The van der Waals surface area contributed by atoms with Gasteiger partial charge in [-0.3, -0.25) is 0 Å². The van der Waals surface area contributed by atoms with Gasteiger partial charge in [0, 0.05) is 28.3 Å². The van der Waals surface area contributed by atoms with Gasteiger partial charge in [0.25, 0.3) is 0 Å². The molecule has 0 unspecified atom stereocenters. The fourth-order valence-corrected chi connectivity index (χ4v) is 2.99. The molecule has 0 aliphatic rings. The lowest BCUT2D eigenvalue weighted by Crippen LogP contribution is -2.14. The van der Waals surface area contributed by atoms with E-state index in [1.54, 1.807) is 0 Å². The van der Waals surface area contributed by atoms with Crippen molar-refractivity contribution in [1.82, 2.24) is 0 Å². The van der Waals surface area contributed by atoms with Gasteiger partial charge in [-0.15, -0.1) is 11.8 Å². The van der Waals surface area contributed by atoms with E-state index in [1.165, 1.54) is 23.9 Å². The Kier molecular flexibility index (Phi) is 6.86. The summed E-state index contributed by atoms with van der Waals surface area (Å²) in [5.74, 6) is 0.129. The van der Waals surface area contributed by atoms with Crippen LogP contribution in [-0.4, -0.2) is 12.4 Å². The van der Waals surface area contributed by atoms with Gasteiger partial charge in [-0.2, -0.15) is 0 Å². The zero-order valence-corrected chi connectivity index (χ0v) is 13.9. The lowest BCUT2D eigenvalue weighted by atomic mass is 10.1. The first-order valence-corrected chi connectivity index (χ1v) is 8.65. The van der Waals surface area contributed by atoms with Crippen LogP contribution >= 0.6 is 11.8 Å². The van der Waals surface area contributed by atoms with E-state index < -0.39 is 17.7 Å². The van der Waals surface area contributed by atoms with Gasteiger partial charge in [0.15, 0.2) is 0 Å². The minimum atomic E-state index is -0.602. The molecular formula is C18H21F2NOS. The molecule has 2 aromatic carbocycles. The largest absolute Gasteiger partial charge is 0.494 e. The molecule has 0 saturated carbocycles. The van der Waals surface area contributed by atoms with Crippen LogP contribution in [0.4, 0.5) is 8.78 Å². The zero-order chi connectivity index (χ0) is 16.7. The molecule has 1 atom stereocenters. The average Bonchev–Trinajstić information content (AvgIpc) is 2.53. The Balaban J connectivity index is 1.93. The third-order valence-electron chi connectivity index (χ3n) is 3.36. The zero-order valence-electron chi connectivity index (χ0n) is 13.1. The minimum Gasteiger partial charge on any atom is -0.494 e. The Morgan fingerprint density at radius 2 is 2.00 bits per heavy atom. The van der Waals surface area contributed by atoms with Gasteiger partial charge >= 0.3 is 0 Å². The monoisotopic (exact) mass is 337 g/mol. The molecule has 124 valence electrons. The van der Waals surface area contributed by atoms with Crippen molar-refractivity contribution in [2.24, 2.45) is 5.73 Å². The number of halogens is 2. The highest BCUT2D eigenvalue weighted by molar-refractivity contribution is 7.99. The summed E-state index contributed by atoms with van der Waals surface area (Å²) in [5.41, 5.74) is 6.34. The molecule has 0 radical (unpaired) electrons. The van der Waals surface area contributed by atoms with Crippen molar-refractivity contribution in [3.8, 4) is 5.75 Å². The van der Waals surface area contributed by atoms with E-state index in [-0.39, 0.29) is 0 Å². The fourth-order valence-electron chi connectivity index (χ4n) is 2.07. The van der Waals surface area contributed by atoms with Crippen LogP contribution in [0.2, 0.25) is 0 Å². The van der Waals surface area contributed by atoms with E-state index in [1.807, 2.05) is 24.3 Å². The van der Waals surface area contributed by atoms with Crippen molar-refractivity contribution in [1.29, 1.82) is 0 Å². The summed E-state index contributed by atoms with van der Waals surface area (Å²) in [5, 5.41) is 0. The van der Waals surface area contributed by atoms with Crippen molar-refractivity contribution in [3.63, 3.8) is 0 Å². The van der Waals surface area contributed by atoms with Gasteiger partial charge in [0.2, 0.25) is 0 Å². The number of hydrogen-bond acceptors (Lipinski definition) is 3. The number of ether oxygens (including phenoxy) is 1. The predicted molar refractivity (Wildman–Crippen MR) is 90.9 cm³/mol. The molecule has 2 N–H and O–H groups in total. The third-order valence-corrected chi connectivity index (χ3v) is 4.48. The highest BCUT2D eigenvalue weighted by Crippen LogP contribution is 2.27. The minimum absolute atomic E-state index is 0.328. The maximum absolute atomic E-state index is 13.7. The van der Waals surface area contributed by atoms with E-state index in [2.05, 4.69) is 6.92 Å². The molecule has 0 fully saturated rings. The van der Waals surface area contributed by atoms with Gasteiger partial charge in [-0.05, 0) is 30.7 Å². The molecule has 23 heavy (non-hydrogen) atoms. The lowest BCUT2D eigenvalue weighted by molar-refractivity contribution is 0.308. The van der Waals surface area contributed by atoms with Crippen LogP contribution in [-0.2, 0) is 0 Å². The van der Waals surface area contributed by atoms with Crippen molar-refractivity contribution in [3.05, 3.63) is 59.7 Å². The number of rotatable bonds is 8. The van der Waals surface area contributed by atoms with Gasteiger partial charge in [0.05, 0.1) is 6.61 Å². The summed E-state index contributed by atoms with van der Waals surface area (Å²) < 4.78 is 32.3. The van der Waals surface area contributed by atoms with Gasteiger partial charge in [-0.25, -0.2) is 8.78 Å². The number of hydrogen-bond donors (Lipinski definition) is 1. The standard InChI is InChI=1S/C18H21F2NOS/c1-2-3-9-22-14-5-4-6-15(11-14)23-12-18(21)16-8-7-13(19)10-17(16)20/h4-8,10-11,18H,2-3,9,12,21H2,1H3/t18-/m0/s1. The van der Waals surface area contributed by atoms with Gasteiger partial charge in [-0.1, -0.05) is 25.5 Å². The van der Waals surface area contributed by atoms with Crippen LogP contribution in [0.25, 0.3) is 0 Å². The average molecular weight is 337 g/mol. The normalized spacial score (nSPS) is 12.2. The maximum Gasteiger partial charge on any atom is 0.130 e. The van der Waals surface area contributed by atoms with Gasteiger partial charge < -0.3 is 10.5 Å². The summed E-state index contributed by atoms with van der Waals surface area (Å²) in [6, 6.07) is 10.8. The Labute approximate surface area is 140 Å². The lowest BCUT2D eigenvalue weighted by Gasteiger charge is -2.13. The second kappa shape index (κ2) is 8.89. The van der Waals surface area contributed by atoms with Crippen LogP contribution in [0.5, 0.6) is 5.75 Å². The van der Waals surface area contributed by atoms with Crippen LogP contribution in [0, 0.1) is 11.6 Å². The van der Waals surface area contributed by atoms with Crippen LogP contribution in [0.1, 0.15) is 31.4 Å². The van der Waals surface area contributed by atoms with Crippen LogP contribution < -0.4 is 10.5 Å². The van der Waals surface area contributed by atoms with Crippen molar-refractivity contribution < 1.29 is 13.5 Å². The number of unbranched alkanes of at least 4 members (excludes halogenated alkanes) is 1. The smallest absolute Gasteiger partial charge is 0.130 e. The summed E-state index contributed by atoms with van der Waals surface area (Å²) in [6.07, 6.45) is 2.11. The summed E-state index contributed by atoms with van der Waals surface area (Å²) >= 11 is 1.52. The second-order valence-electron chi connectivity index (χ2n) is 5.26. The highest BCUT2D eigenvalue weighted by Gasteiger charge is 2.13. The molecule has 0 heterocycles. The quantitative estimate of drug-likeness (QED) is 0.547. The van der Waals surface area contributed by atoms with E-state index in [9.17, 15) is 8.78 Å². The number of benzene rings is 2. The van der Waals surface area contributed by atoms with Crippen LogP contribution in [0.15, 0.2) is 47.4 Å². The van der Waals surface area contributed by atoms with E-state index in [4.69, 9.17) is 10.5 Å². The van der Waals surface area contributed by atoms with Crippen molar-refractivity contribution in [2.45, 2.75) is 30.7 Å². The molecular weight excluding hydrogens is 316 g/mol. The van der Waals surface area contributed by atoms with Gasteiger partial charge in [0.1, 0.15) is 17.4 Å². The Hall–Kier alpha value is -1.59. The van der Waals surface area contributed by atoms with Crippen molar-refractivity contribution in [2.75, 3.05) is 12.4 Å². The highest BCUT2D eigenvalue weighted by atomic mass is 32.2. The predicted octanol–water partition coefficient (Wildman–Crippen LogP) is 4.94. The van der Waals surface area contributed by atoms with E-state index in [0.717, 1.165) is 29.6 Å². The Morgan fingerprint density at radius 1 is 1.17 bits per heavy atom. The maximum atomic E-state index is 13.7. The topological polar surface area (TPSA) is 35.2 Å². The molecule has 2 nitrogen and oxygen atoms in total. The van der Waals surface area contributed by atoms with Crippen LogP contribution in [0.3, 0.4) is 0 Å². The number of thioether (sulfide) groups is 1. The third kappa shape index (κ3) is 5.52. The first-order chi connectivity index (χ1) is 11.1.